The van der Waals surface area contributed by atoms with Crippen molar-refractivity contribution in [3.05, 3.63) is 60.2 Å². The Bertz CT molecular complexity index is 524. The zero-order chi connectivity index (χ0) is 15.5. The molecule has 4 nitrogen and oxygen atoms in total. The summed E-state index contributed by atoms with van der Waals surface area (Å²) in [5.41, 5.74) is 7.22. The standard InChI is InChI=1S/C10H14N2O.C7H8O/c1-2-12-10(13)7-8-3-5-9(11)6-4-8;1-8-7-5-3-2-4-6-7/h3-6H,2,7,11H2,1H3,(H,12,13);2-6H,1H3. The number of benzene rings is 2. The van der Waals surface area contributed by atoms with E-state index in [1.807, 2.05) is 49.4 Å². The van der Waals surface area contributed by atoms with Gasteiger partial charge in [0.2, 0.25) is 5.91 Å². The van der Waals surface area contributed by atoms with E-state index in [1.165, 1.54) is 0 Å². The summed E-state index contributed by atoms with van der Waals surface area (Å²) in [7, 11) is 1.66. The van der Waals surface area contributed by atoms with Crippen molar-refractivity contribution in [1.82, 2.24) is 5.32 Å². The molecule has 0 bridgehead atoms. The number of amides is 1. The second kappa shape index (κ2) is 9.42. The number of hydrogen-bond acceptors (Lipinski definition) is 3. The van der Waals surface area contributed by atoms with Crippen LogP contribution in [0.25, 0.3) is 0 Å². The van der Waals surface area contributed by atoms with Gasteiger partial charge in [0.05, 0.1) is 13.5 Å². The van der Waals surface area contributed by atoms with Gasteiger partial charge < -0.3 is 15.8 Å². The quantitative estimate of drug-likeness (QED) is 0.849. The number of carbonyl (C=O) groups is 1. The normalized spacial score (nSPS) is 9.24. The van der Waals surface area contributed by atoms with E-state index in [1.54, 1.807) is 19.2 Å². The summed E-state index contributed by atoms with van der Waals surface area (Å²) in [6.07, 6.45) is 0.425. The molecule has 1 amide bonds. The minimum Gasteiger partial charge on any atom is -0.497 e. The molecule has 0 aliphatic rings. The van der Waals surface area contributed by atoms with Crippen LogP contribution in [-0.2, 0) is 11.2 Å². The van der Waals surface area contributed by atoms with Gasteiger partial charge >= 0.3 is 0 Å². The maximum absolute atomic E-state index is 11.2. The first-order chi connectivity index (χ1) is 10.2. The number of nitrogen functional groups attached to an aromatic ring is 1. The van der Waals surface area contributed by atoms with Crippen molar-refractivity contribution in [3.8, 4) is 5.75 Å². The van der Waals surface area contributed by atoms with E-state index in [0.717, 1.165) is 17.0 Å². The lowest BCUT2D eigenvalue weighted by molar-refractivity contribution is -0.120. The Labute approximate surface area is 125 Å². The van der Waals surface area contributed by atoms with Crippen LogP contribution in [0.4, 0.5) is 5.69 Å². The Morgan fingerprint density at radius 2 is 1.71 bits per heavy atom. The highest BCUT2D eigenvalue weighted by Crippen LogP contribution is 2.06. The molecule has 4 heteroatoms. The summed E-state index contributed by atoms with van der Waals surface area (Å²) in [5, 5.41) is 2.74. The van der Waals surface area contributed by atoms with Crippen LogP contribution in [0.2, 0.25) is 0 Å². The molecule has 0 aliphatic heterocycles. The van der Waals surface area contributed by atoms with Gasteiger partial charge in [-0.3, -0.25) is 4.79 Å². The summed E-state index contributed by atoms with van der Waals surface area (Å²) < 4.78 is 4.91. The molecule has 112 valence electrons. The maximum Gasteiger partial charge on any atom is 0.224 e. The third-order valence-electron chi connectivity index (χ3n) is 2.70. The number of anilines is 1. The van der Waals surface area contributed by atoms with Crippen LogP contribution in [0.3, 0.4) is 0 Å². The van der Waals surface area contributed by atoms with Crippen molar-refractivity contribution in [1.29, 1.82) is 0 Å². The summed E-state index contributed by atoms with van der Waals surface area (Å²) >= 11 is 0. The Balaban J connectivity index is 0.000000235. The van der Waals surface area contributed by atoms with Crippen molar-refractivity contribution < 1.29 is 9.53 Å². The fourth-order valence-corrected chi connectivity index (χ4v) is 1.64. The first kappa shape index (κ1) is 16.6. The molecule has 21 heavy (non-hydrogen) atoms. The van der Waals surface area contributed by atoms with Gasteiger partial charge in [-0.05, 0) is 36.8 Å². The third-order valence-corrected chi connectivity index (χ3v) is 2.70. The van der Waals surface area contributed by atoms with Gasteiger partial charge in [-0.25, -0.2) is 0 Å². The summed E-state index contributed by atoms with van der Waals surface area (Å²) in [6.45, 7) is 2.58. The van der Waals surface area contributed by atoms with Crippen LogP contribution < -0.4 is 15.8 Å². The molecular formula is C17H22N2O2. The molecule has 0 atom stereocenters. The van der Waals surface area contributed by atoms with Crippen molar-refractivity contribution >= 4 is 11.6 Å². The fraction of sp³-hybridized carbons (Fsp3) is 0.235. The Morgan fingerprint density at radius 3 is 2.19 bits per heavy atom. The number of carbonyl (C=O) groups excluding carboxylic acids is 1. The molecule has 0 saturated carbocycles. The summed E-state index contributed by atoms with van der Waals surface area (Å²) in [5.74, 6) is 0.958. The molecule has 0 aliphatic carbocycles. The minimum absolute atomic E-state index is 0.0484. The predicted molar refractivity (Wildman–Crippen MR) is 86.2 cm³/mol. The fourth-order valence-electron chi connectivity index (χ4n) is 1.64. The lowest BCUT2D eigenvalue weighted by Gasteiger charge is -2.02. The van der Waals surface area contributed by atoms with Crippen LogP contribution in [0.1, 0.15) is 12.5 Å². The highest BCUT2D eigenvalue weighted by Gasteiger charge is 2.00. The molecule has 0 heterocycles. The van der Waals surface area contributed by atoms with Gasteiger partial charge in [-0.2, -0.15) is 0 Å². The lowest BCUT2D eigenvalue weighted by Crippen LogP contribution is -2.24. The van der Waals surface area contributed by atoms with Gasteiger partial charge in [-0.1, -0.05) is 30.3 Å². The second-order valence-electron chi connectivity index (χ2n) is 4.39. The number of hydrogen-bond donors (Lipinski definition) is 2. The summed E-state index contributed by atoms with van der Waals surface area (Å²) in [4.78, 5) is 11.2. The molecule has 0 radical (unpaired) electrons. The highest BCUT2D eigenvalue weighted by molar-refractivity contribution is 5.78. The highest BCUT2D eigenvalue weighted by atomic mass is 16.5. The van der Waals surface area contributed by atoms with Gasteiger partial charge in [0.1, 0.15) is 5.75 Å². The monoisotopic (exact) mass is 286 g/mol. The van der Waals surface area contributed by atoms with Gasteiger partial charge in [0, 0.05) is 12.2 Å². The Kier molecular flexibility index (Phi) is 7.43. The van der Waals surface area contributed by atoms with E-state index in [9.17, 15) is 4.79 Å². The maximum atomic E-state index is 11.2. The number of nitrogens with two attached hydrogens (primary N) is 1. The van der Waals surface area contributed by atoms with Crippen LogP contribution in [0, 0.1) is 0 Å². The summed E-state index contributed by atoms with van der Waals surface area (Å²) in [6, 6.07) is 17.0. The van der Waals surface area contributed by atoms with Crippen molar-refractivity contribution in [2.24, 2.45) is 0 Å². The molecule has 3 N–H and O–H groups in total. The molecule has 2 aromatic carbocycles. The average Bonchev–Trinajstić information content (AvgIpc) is 2.51. The zero-order valence-electron chi connectivity index (χ0n) is 12.5. The molecule has 0 aromatic heterocycles. The molecule has 2 rings (SSSR count). The van der Waals surface area contributed by atoms with Crippen LogP contribution in [0.5, 0.6) is 5.75 Å². The molecular weight excluding hydrogens is 264 g/mol. The number of nitrogens with one attached hydrogen (secondary N) is 1. The molecule has 0 saturated heterocycles. The number of likely N-dealkylation sites (N-methyl/N-ethyl adjacent to an activating group) is 1. The lowest BCUT2D eigenvalue weighted by atomic mass is 10.1. The average molecular weight is 286 g/mol. The molecule has 2 aromatic rings. The van der Waals surface area contributed by atoms with E-state index in [0.29, 0.717) is 13.0 Å². The Morgan fingerprint density at radius 1 is 1.10 bits per heavy atom. The molecule has 0 spiro atoms. The van der Waals surface area contributed by atoms with E-state index in [-0.39, 0.29) is 5.91 Å². The van der Waals surface area contributed by atoms with Gasteiger partial charge in [0.25, 0.3) is 0 Å². The third kappa shape index (κ3) is 7.01. The van der Waals surface area contributed by atoms with Gasteiger partial charge in [0.15, 0.2) is 0 Å². The number of para-hydroxylation sites is 1. The zero-order valence-corrected chi connectivity index (χ0v) is 12.5. The van der Waals surface area contributed by atoms with Gasteiger partial charge in [-0.15, -0.1) is 0 Å². The SMILES string of the molecule is CCNC(=O)Cc1ccc(N)cc1.COc1ccccc1. The van der Waals surface area contributed by atoms with E-state index in [4.69, 9.17) is 10.5 Å². The first-order valence-electron chi connectivity index (χ1n) is 6.85. The largest absolute Gasteiger partial charge is 0.497 e. The predicted octanol–water partition coefficient (Wildman–Crippen LogP) is 2.64. The first-order valence-corrected chi connectivity index (χ1v) is 6.85. The Hall–Kier alpha value is -2.49. The van der Waals surface area contributed by atoms with Crippen LogP contribution >= 0.6 is 0 Å². The van der Waals surface area contributed by atoms with Crippen molar-refractivity contribution in [2.75, 3.05) is 19.4 Å². The second-order valence-corrected chi connectivity index (χ2v) is 4.39. The number of methoxy groups -OCH3 is 1. The van der Waals surface area contributed by atoms with Crippen LogP contribution in [0.15, 0.2) is 54.6 Å². The molecule has 0 fully saturated rings. The smallest absolute Gasteiger partial charge is 0.224 e. The minimum atomic E-state index is 0.0484. The van der Waals surface area contributed by atoms with Crippen LogP contribution in [-0.4, -0.2) is 19.6 Å². The topological polar surface area (TPSA) is 64.4 Å². The number of ether oxygens (including phenoxy) is 1. The van der Waals surface area contributed by atoms with E-state index < -0.39 is 0 Å². The van der Waals surface area contributed by atoms with Crippen molar-refractivity contribution in [2.45, 2.75) is 13.3 Å². The molecule has 0 unspecified atom stereocenters. The van der Waals surface area contributed by atoms with Crippen molar-refractivity contribution in [3.63, 3.8) is 0 Å². The van der Waals surface area contributed by atoms with E-state index in [2.05, 4.69) is 5.32 Å². The number of rotatable bonds is 4. The van der Waals surface area contributed by atoms with E-state index >= 15 is 0 Å².